The van der Waals surface area contributed by atoms with Gasteiger partial charge in [0.1, 0.15) is 5.75 Å². The number of nitrogen functional groups attached to an aromatic ring is 1. The van der Waals surface area contributed by atoms with Gasteiger partial charge in [-0.15, -0.1) is 0 Å². The second-order valence-corrected chi connectivity index (χ2v) is 4.49. The molecule has 1 aliphatic rings. The molecule has 18 heavy (non-hydrogen) atoms. The van der Waals surface area contributed by atoms with Gasteiger partial charge in [-0.3, -0.25) is 4.79 Å². The van der Waals surface area contributed by atoms with Gasteiger partial charge in [0.15, 0.2) is 0 Å². The Bertz CT molecular complexity index is 442. The normalized spacial score (nSPS) is 22.3. The molecule has 98 valence electrons. The first-order chi connectivity index (χ1) is 8.60. The quantitative estimate of drug-likeness (QED) is 0.555. The van der Waals surface area contributed by atoms with E-state index in [1.165, 1.54) is 12.1 Å². The maximum atomic E-state index is 11.9. The molecule has 0 saturated heterocycles. The van der Waals surface area contributed by atoms with Gasteiger partial charge in [-0.05, 0) is 38.0 Å². The molecule has 0 bridgehead atoms. The number of rotatable bonds is 4. The highest BCUT2D eigenvalue weighted by Gasteiger charge is 2.30. The minimum atomic E-state index is -0.190. The zero-order chi connectivity index (χ0) is 13.1. The summed E-state index contributed by atoms with van der Waals surface area (Å²) < 4.78 is 5.42. The number of amides is 1. The van der Waals surface area contributed by atoms with E-state index in [0.717, 1.165) is 12.8 Å². The molecule has 4 N–H and O–H groups in total. The fraction of sp³-hybridized carbons (Fsp3) is 0.462. The van der Waals surface area contributed by atoms with Crippen LogP contribution in [-0.2, 0) is 4.74 Å². The van der Waals surface area contributed by atoms with E-state index in [-0.39, 0.29) is 29.5 Å². The molecule has 1 amide bonds. The lowest BCUT2D eigenvalue weighted by Gasteiger charge is -2.35. The number of hydrogen-bond donors (Lipinski definition) is 3. The summed E-state index contributed by atoms with van der Waals surface area (Å²) >= 11 is 0. The lowest BCUT2D eigenvalue weighted by atomic mass is 9.89. The average molecular weight is 250 g/mol. The Labute approximate surface area is 106 Å². The maximum Gasteiger partial charge on any atom is 0.251 e. The topological polar surface area (TPSA) is 84.6 Å². The number of carbonyl (C=O) groups excluding carboxylic acids is 1. The number of anilines is 1. The van der Waals surface area contributed by atoms with Crippen molar-refractivity contribution in [3.8, 4) is 5.75 Å². The molecule has 1 aromatic carbocycles. The number of nitrogens with one attached hydrogen (secondary N) is 1. The van der Waals surface area contributed by atoms with Gasteiger partial charge in [-0.1, -0.05) is 0 Å². The highest BCUT2D eigenvalue weighted by Crippen LogP contribution is 2.24. The van der Waals surface area contributed by atoms with Crippen molar-refractivity contribution in [3.63, 3.8) is 0 Å². The van der Waals surface area contributed by atoms with E-state index >= 15 is 0 Å². The highest BCUT2D eigenvalue weighted by atomic mass is 16.5. The molecule has 2 rings (SSSR count). The standard InChI is InChI=1S/C13H18N2O3/c1-2-18-10-6-9(7-10)15-13(17)8-3-4-11(14)12(16)5-8/h3-5,9-10,16H,2,6-7,14H2,1H3,(H,15,17). The van der Waals surface area contributed by atoms with E-state index < -0.39 is 0 Å². The van der Waals surface area contributed by atoms with E-state index in [9.17, 15) is 9.90 Å². The van der Waals surface area contributed by atoms with Crippen LogP contribution >= 0.6 is 0 Å². The van der Waals surface area contributed by atoms with Crippen molar-refractivity contribution in [2.45, 2.75) is 31.9 Å². The summed E-state index contributed by atoms with van der Waals surface area (Å²) in [5.74, 6) is -0.256. The zero-order valence-electron chi connectivity index (χ0n) is 10.3. The van der Waals surface area contributed by atoms with Crippen LogP contribution in [0.25, 0.3) is 0 Å². The Morgan fingerprint density at radius 2 is 2.28 bits per heavy atom. The van der Waals surface area contributed by atoms with Crippen molar-refractivity contribution in [2.24, 2.45) is 0 Å². The van der Waals surface area contributed by atoms with Crippen molar-refractivity contribution in [1.29, 1.82) is 0 Å². The Hall–Kier alpha value is -1.75. The highest BCUT2D eigenvalue weighted by molar-refractivity contribution is 5.95. The number of aromatic hydroxyl groups is 1. The van der Waals surface area contributed by atoms with E-state index in [1.807, 2.05) is 6.92 Å². The third kappa shape index (κ3) is 2.73. The number of hydrogen-bond acceptors (Lipinski definition) is 4. The minimum Gasteiger partial charge on any atom is -0.506 e. The number of benzene rings is 1. The molecule has 0 atom stereocenters. The first kappa shape index (κ1) is 12.7. The predicted molar refractivity (Wildman–Crippen MR) is 68.4 cm³/mol. The summed E-state index contributed by atoms with van der Waals surface area (Å²) in [4.78, 5) is 11.9. The Balaban J connectivity index is 1.87. The lowest BCUT2D eigenvalue weighted by Crippen LogP contribution is -2.47. The SMILES string of the molecule is CCOC1CC(NC(=O)c2ccc(N)c(O)c2)C1. The van der Waals surface area contributed by atoms with Crippen LogP contribution in [0, 0.1) is 0 Å². The molecule has 0 heterocycles. The van der Waals surface area contributed by atoms with Crippen LogP contribution in [0.3, 0.4) is 0 Å². The van der Waals surface area contributed by atoms with Crippen LogP contribution in [0.15, 0.2) is 18.2 Å². The van der Waals surface area contributed by atoms with Crippen molar-refractivity contribution in [2.75, 3.05) is 12.3 Å². The van der Waals surface area contributed by atoms with Crippen molar-refractivity contribution in [1.82, 2.24) is 5.32 Å². The monoisotopic (exact) mass is 250 g/mol. The first-order valence-corrected chi connectivity index (χ1v) is 6.11. The second-order valence-electron chi connectivity index (χ2n) is 4.49. The number of carbonyl (C=O) groups is 1. The lowest BCUT2D eigenvalue weighted by molar-refractivity contribution is -0.00862. The fourth-order valence-electron chi connectivity index (χ4n) is 2.01. The molecule has 5 nitrogen and oxygen atoms in total. The molecule has 1 fully saturated rings. The van der Waals surface area contributed by atoms with Crippen molar-refractivity contribution >= 4 is 11.6 Å². The van der Waals surface area contributed by atoms with Gasteiger partial charge < -0.3 is 20.9 Å². The molecule has 1 aromatic rings. The Morgan fingerprint density at radius 1 is 1.56 bits per heavy atom. The van der Waals surface area contributed by atoms with Gasteiger partial charge >= 0.3 is 0 Å². The number of nitrogens with two attached hydrogens (primary N) is 1. The first-order valence-electron chi connectivity index (χ1n) is 6.11. The molecule has 1 saturated carbocycles. The largest absolute Gasteiger partial charge is 0.506 e. The van der Waals surface area contributed by atoms with E-state index in [4.69, 9.17) is 10.5 Å². The summed E-state index contributed by atoms with van der Waals surface area (Å²) in [6.45, 7) is 2.67. The van der Waals surface area contributed by atoms with Crippen LogP contribution in [-0.4, -0.2) is 29.8 Å². The summed E-state index contributed by atoms with van der Waals surface area (Å²) in [6, 6.07) is 4.66. The number of phenols is 1. The maximum absolute atomic E-state index is 11.9. The van der Waals surface area contributed by atoms with E-state index in [2.05, 4.69) is 5.32 Å². The third-order valence-electron chi connectivity index (χ3n) is 3.13. The molecule has 0 unspecified atom stereocenters. The summed E-state index contributed by atoms with van der Waals surface area (Å²) in [6.07, 6.45) is 1.96. The predicted octanol–water partition coefficient (Wildman–Crippen LogP) is 1.27. The molecular formula is C13H18N2O3. The van der Waals surface area contributed by atoms with Crippen LogP contribution in [0.5, 0.6) is 5.75 Å². The Morgan fingerprint density at radius 3 is 2.89 bits per heavy atom. The Kier molecular flexibility index (Phi) is 3.72. The van der Waals surface area contributed by atoms with Gasteiger partial charge in [-0.2, -0.15) is 0 Å². The van der Waals surface area contributed by atoms with Crippen molar-refractivity contribution in [3.05, 3.63) is 23.8 Å². The molecule has 0 radical (unpaired) electrons. The summed E-state index contributed by atoms with van der Waals surface area (Å²) in [5.41, 5.74) is 6.17. The van der Waals surface area contributed by atoms with Crippen LogP contribution in [0.4, 0.5) is 5.69 Å². The average Bonchev–Trinajstić information content (AvgIpc) is 2.30. The van der Waals surface area contributed by atoms with Gasteiger partial charge in [0.25, 0.3) is 5.91 Å². The number of phenolic OH excluding ortho intramolecular Hbond substituents is 1. The van der Waals surface area contributed by atoms with Crippen LogP contribution in [0.1, 0.15) is 30.1 Å². The van der Waals surface area contributed by atoms with E-state index in [1.54, 1.807) is 6.07 Å². The van der Waals surface area contributed by atoms with Crippen LogP contribution < -0.4 is 11.1 Å². The molecule has 5 heteroatoms. The second kappa shape index (κ2) is 5.27. The third-order valence-corrected chi connectivity index (χ3v) is 3.13. The van der Waals surface area contributed by atoms with Gasteiger partial charge in [0, 0.05) is 18.2 Å². The van der Waals surface area contributed by atoms with Gasteiger partial charge in [-0.25, -0.2) is 0 Å². The fourth-order valence-corrected chi connectivity index (χ4v) is 2.01. The summed E-state index contributed by atoms with van der Waals surface area (Å²) in [5, 5.41) is 12.3. The smallest absolute Gasteiger partial charge is 0.251 e. The zero-order valence-corrected chi connectivity index (χ0v) is 10.3. The van der Waals surface area contributed by atoms with Crippen molar-refractivity contribution < 1.29 is 14.6 Å². The minimum absolute atomic E-state index is 0.0662. The molecule has 0 spiro atoms. The molecule has 0 aliphatic heterocycles. The summed E-state index contributed by atoms with van der Waals surface area (Å²) in [7, 11) is 0. The molecule has 1 aliphatic carbocycles. The molecule has 0 aromatic heterocycles. The van der Waals surface area contributed by atoms with Crippen LogP contribution in [0.2, 0.25) is 0 Å². The van der Waals surface area contributed by atoms with E-state index in [0.29, 0.717) is 12.2 Å². The van der Waals surface area contributed by atoms with Gasteiger partial charge in [0.05, 0.1) is 11.8 Å². The van der Waals surface area contributed by atoms with Gasteiger partial charge in [0.2, 0.25) is 0 Å². The number of ether oxygens (including phenoxy) is 1. The molecular weight excluding hydrogens is 232 g/mol.